The zero-order chi connectivity index (χ0) is 20.1. The van der Waals surface area contributed by atoms with Crippen molar-refractivity contribution in [3.05, 3.63) is 35.1 Å². The number of likely N-dealkylation sites (tertiary alicyclic amines) is 1. The molecule has 28 heavy (non-hydrogen) atoms. The maximum atomic E-state index is 12.5. The summed E-state index contributed by atoms with van der Waals surface area (Å²) in [6.45, 7) is 5.48. The fourth-order valence-electron chi connectivity index (χ4n) is 3.09. The Kier molecular flexibility index (Phi) is 6.64. The predicted molar refractivity (Wildman–Crippen MR) is 106 cm³/mol. The Morgan fingerprint density at radius 2 is 2.18 bits per heavy atom. The molecule has 8 nitrogen and oxygen atoms in total. The minimum Gasteiger partial charge on any atom is -0.338 e. The van der Waals surface area contributed by atoms with Crippen LogP contribution in [0.25, 0.3) is 0 Å². The largest absolute Gasteiger partial charge is 0.338 e. The van der Waals surface area contributed by atoms with Gasteiger partial charge >= 0.3 is 0 Å². The number of halogens is 1. The number of hydrogen-bond donors (Lipinski definition) is 2. The highest BCUT2D eigenvalue weighted by Gasteiger charge is 2.27. The van der Waals surface area contributed by atoms with E-state index in [2.05, 4.69) is 20.8 Å². The minimum absolute atomic E-state index is 0.100. The number of amides is 2. The molecule has 1 aliphatic heterocycles. The number of hydrogen-bond acceptors (Lipinski definition) is 6. The second-order valence-electron chi connectivity index (χ2n) is 7.24. The molecule has 0 saturated carbocycles. The summed E-state index contributed by atoms with van der Waals surface area (Å²) in [6.07, 6.45) is 3.11. The number of carbonyl (C=O) groups is 2. The van der Waals surface area contributed by atoms with Crippen LogP contribution in [0.4, 0.5) is 11.7 Å². The molecule has 0 aliphatic carbocycles. The fourth-order valence-corrected chi connectivity index (χ4v) is 3.20. The SMILES string of the molecule is CC(C)c1cc(NC(=O)CN2CCCC(C(=O)Nc3ccc(Cl)cn3)C2)on1. The second-order valence-corrected chi connectivity index (χ2v) is 7.68. The van der Waals surface area contributed by atoms with Gasteiger partial charge in [0, 0.05) is 18.8 Å². The number of pyridine rings is 1. The van der Waals surface area contributed by atoms with E-state index < -0.39 is 0 Å². The van der Waals surface area contributed by atoms with Gasteiger partial charge in [0.25, 0.3) is 0 Å². The van der Waals surface area contributed by atoms with Crippen LogP contribution in [0.1, 0.15) is 38.3 Å². The van der Waals surface area contributed by atoms with Gasteiger partial charge in [-0.15, -0.1) is 0 Å². The van der Waals surface area contributed by atoms with Gasteiger partial charge < -0.3 is 9.84 Å². The van der Waals surface area contributed by atoms with Crippen LogP contribution < -0.4 is 10.6 Å². The maximum absolute atomic E-state index is 12.5. The number of anilines is 2. The molecular formula is C19H24ClN5O3. The summed E-state index contributed by atoms with van der Waals surface area (Å²) in [4.78, 5) is 30.9. The molecule has 1 aliphatic rings. The third-order valence-electron chi connectivity index (χ3n) is 4.60. The Morgan fingerprint density at radius 1 is 1.36 bits per heavy atom. The highest BCUT2D eigenvalue weighted by molar-refractivity contribution is 6.30. The summed E-state index contributed by atoms with van der Waals surface area (Å²) in [5.41, 5.74) is 0.792. The zero-order valence-electron chi connectivity index (χ0n) is 15.9. The molecule has 1 saturated heterocycles. The van der Waals surface area contributed by atoms with Gasteiger partial charge in [-0.1, -0.05) is 30.6 Å². The molecule has 1 unspecified atom stereocenters. The normalized spacial score (nSPS) is 17.5. The van der Waals surface area contributed by atoms with Gasteiger partial charge in [-0.2, -0.15) is 0 Å². The van der Waals surface area contributed by atoms with Crippen LogP contribution in [0.5, 0.6) is 0 Å². The van der Waals surface area contributed by atoms with E-state index in [1.807, 2.05) is 18.7 Å². The lowest BCUT2D eigenvalue weighted by atomic mass is 9.97. The van der Waals surface area contributed by atoms with E-state index in [0.717, 1.165) is 25.1 Å². The van der Waals surface area contributed by atoms with Crippen LogP contribution in [0.3, 0.4) is 0 Å². The number of nitrogens with one attached hydrogen (secondary N) is 2. The van der Waals surface area contributed by atoms with Crippen molar-refractivity contribution in [3.63, 3.8) is 0 Å². The van der Waals surface area contributed by atoms with Gasteiger partial charge in [-0.25, -0.2) is 4.98 Å². The van der Waals surface area contributed by atoms with E-state index in [-0.39, 0.29) is 30.2 Å². The first-order valence-electron chi connectivity index (χ1n) is 9.32. The number of piperidine rings is 1. The quantitative estimate of drug-likeness (QED) is 0.765. The van der Waals surface area contributed by atoms with Crippen molar-refractivity contribution in [1.82, 2.24) is 15.0 Å². The molecule has 2 N–H and O–H groups in total. The number of rotatable bonds is 6. The van der Waals surface area contributed by atoms with Gasteiger partial charge in [-0.05, 0) is 37.4 Å². The first-order chi connectivity index (χ1) is 13.4. The molecule has 150 valence electrons. The van der Waals surface area contributed by atoms with E-state index in [1.54, 1.807) is 18.2 Å². The summed E-state index contributed by atoms with van der Waals surface area (Å²) in [5, 5.41) is 9.97. The molecule has 3 rings (SSSR count). The van der Waals surface area contributed by atoms with Crippen molar-refractivity contribution in [1.29, 1.82) is 0 Å². The molecule has 9 heteroatoms. The fraction of sp³-hybridized carbons (Fsp3) is 0.474. The summed E-state index contributed by atoms with van der Waals surface area (Å²) in [5.74, 6) is 0.552. The third kappa shape index (κ3) is 5.53. The highest BCUT2D eigenvalue weighted by Crippen LogP contribution is 2.20. The molecule has 1 atom stereocenters. The lowest BCUT2D eigenvalue weighted by molar-refractivity contribution is -0.123. The smallest absolute Gasteiger partial charge is 0.240 e. The average molecular weight is 406 g/mol. The van der Waals surface area contributed by atoms with Gasteiger partial charge in [0.05, 0.1) is 23.2 Å². The minimum atomic E-state index is -0.197. The van der Waals surface area contributed by atoms with Gasteiger partial charge in [0.1, 0.15) is 5.82 Å². The van der Waals surface area contributed by atoms with Gasteiger partial charge in [0.15, 0.2) is 0 Å². The Morgan fingerprint density at radius 3 is 2.86 bits per heavy atom. The van der Waals surface area contributed by atoms with Crippen molar-refractivity contribution in [3.8, 4) is 0 Å². The van der Waals surface area contributed by atoms with E-state index in [4.69, 9.17) is 16.1 Å². The predicted octanol–water partition coefficient (Wildman–Crippen LogP) is 3.14. The Bertz CT molecular complexity index is 821. The molecule has 1 fully saturated rings. The maximum Gasteiger partial charge on any atom is 0.240 e. The molecule has 0 spiro atoms. The highest BCUT2D eigenvalue weighted by atomic mass is 35.5. The van der Waals surface area contributed by atoms with Crippen molar-refractivity contribution in [2.75, 3.05) is 30.3 Å². The van der Waals surface area contributed by atoms with Crippen molar-refractivity contribution < 1.29 is 14.1 Å². The molecular weight excluding hydrogens is 382 g/mol. The topological polar surface area (TPSA) is 100 Å². The molecule has 0 aromatic carbocycles. The molecule has 2 aromatic rings. The van der Waals surface area contributed by atoms with Gasteiger partial charge in [0.2, 0.25) is 17.7 Å². The number of aromatic nitrogens is 2. The standard InChI is InChI=1S/C19H24ClN5O3/c1-12(2)15-8-18(28-24-15)23-17(26)11-25-7-3-4-13(10-25)19(27)22-16-6-5-14(20)9-21-16/h5-6,8-9,12-13H,3-4,7,10-11H2,1-2H3,(H,23,26)(H,21,22,27). The van der Waals surface area contributed by atoms with E-state index in [9.17, 15) is 9.59 Å². The van der Waals surface area contributed by atoms with Crippen molar-refractivity contribution in [2.45, 2.75) is 32.6 Å². The van der Waals surface area contributed by atoms with Crippen LogP contribution in [0.2, 0.25) is 5.02 Å². The Hall–Kier alpha value is -2.45. The van der Waals surface area contributed by atoms with Crippen LogP contribution in [-0.4, -0.2) is 46.5 Å². The Labute approximate surface area is 168 Å². The molecule has 3 heterocycles. The lowest BCUT2D eigenvalue weighted by Gasteiger charge is -2.31. The zero-order valence-corrected chi connectivity index (χ0v) is 16.7. The van der Waals surface area contributed by atoms with Crippen LogP contribution in [0.15, 0.2) is 28.9 Å². The van der Waals surface area contributed by atoms with Gasteiger partial charge in [-0.3, -0.25) is 19.8 Å². The van der Waals surface area contributed by atoms with Crippen molar-refractivity contribution in [2.24, 2.45) is 5.92 Å². The van der Waals surface area contributed by atoms with Crippen molar-refractivity contribution >= 4 is 35.1 Å². The molecule has 0 radical (unpaired) electrons. The van der Waals surface area contributed by atoms with E-state index in [0.29, 0.717) is 23.3 Å². The van der Waals surface area contributed by atoms with Crippen LogP contribution in [-0.2, 0) is 9.59 Å². The summed E-state index contributed by atoms with van der Waals surface area (Å²) in [7, 11) is 0. The monoisotopic (exact) mass is 405 g/mol. The lowest BCUT2D eigenvalue weighted by Crippen LogP contribution is -2.44. The second kappa shape index (κ2) is 9.16. The number of carbonyl (C=O) groups excluding carboxylic acids is 2. The molecule has 0 bridgehead atoms. The van der Waals surface area contributed by atoms with E-state index >= 15 is 0 Å². The first-order valence-corrected chi connectivity index (χ1v) is 9.69. The summed E-state index contributed by atoms with van der Waals surface area (Å²) in [6, 6.07) is 5.07. The molecule has 2 aromatic heterocycles. The molecule has 2 amide bonds. The Balaban J connectivity index is 1.50. The van der Waals surface area contributed by atoms with E-state index in [1.165, 1.54) is 6.20 Å². The van der Waals surface area contributed by atoms with Crippen LogP contribution in [0, 0.1) is 5.92 Å². The first kappa shape index (κ1) is 20.3. The number of nitrogens with zero attached hydrogens (tertiary/aromatic N) is 3. The summed E-state index contributed by atoms with van der Waals surface area (Å²) >= 11 is 5.81. The summed E-state index contributed by atoms with van der Waals surface area (Å²) < 4.78 is 5.14. The average Bonchev–Trinajstić information content (AvgIpc) is 3.12. The third-order valence-corrected chi connectivity index (χ3v) is 4.83. The van der Waals surface area contributed by atoms with Crippen LogP contribution >= 0.6 is 11.6 Å².